The molecule has 3 nitrogen and oxygen atoms in total. The van der Waals surface area contributed by atoms with Crippen LogP contribution in [0.4, 0.5) is 0 Å². The molecule has 0 spiro atoms. The monoisotopic (exact) mass is 306 g/mol. The molecule has 23 heavy (non-hydrogen) atoms. The van der Waals surface area contributed by atoms with Crippen LogP contribution in [0.5, 0.6) is 0 Å². The lowest BCUT2D eigenvalue weighted by molar-refractivity contribution is -0.119. The minimum atomic E-state index is -0.787. The molecule has 3 heteroatoms. The summed E-state index contributed by atoms with van der Waals surface area (Å²) in [6, 6.07) is 16.3. The van der Waals surface area contributed by atoms with Crippen LogP contribution in [0.2, 0.25) is 0 Å². The third-order valence-electron chi connectivity index (χ3n) is 4.49. The van der Waals surface area contributed by atoms with E-state index >= 15 is 0 Å². The topological polar surface area (TPSA) is 51.2 Å². The van der Waals surface area contributed by atoms with Crippen molar-refractivity contribution in [3.05, 3.63) is 71.3 Å². The summed E-state index contributed by atoms with van der Waals surface area (Å²) >= 11 is 0. The molecule has 116 valence electrons. The van der Waals surface area contributed by atoms with Crippen LogP contribution in [0.1, 0.15) is 52.0 Å². The largest absolute Gasteiger partial charge is 0.300 e. The van der Waals surface area contributed by atoms with Gasteiger partial charge in [-0.25, -0.2) is 0 Å². The summed E-state index contributed by atoms with van der Waals surface area (Å²) in [4.78, 5) is 37.5. The van der Waals surface area contributed by atoms with Crippen LogP contribution in [0, 0.1) is 5.92 Å². The second kappa shape index (κ2) is 6.29. The first-order valence-corrected chi connectivity index (χ1v) is 7.87. The van der Waals surface area contributed by atoms with Crippen LogP contribution in [0.3, 0.4) is 0 Å². The maximum Gasteiger partial charge on any atom is 0.175 e. The van der Waals surface area contributed by atoms with Crippen molar-refractivity contribution in [3.63, 3.8) is 0 Å². The first-order valence-electron chi connectivity index (χ1n) is 7.87. The Morgan fingerprint density at radius 3 is 1.96 bits per heavy atom. The van der Waals surface area contributed by atoms with E-state index in [1.807, 2.05) is 30.3 Å². The number of fused-ring (bicyclic) bond motifs is 1. The Bertz CT molecular complexity index is 726. The van der Waals surface area contributed by atoms with Crippen molar-refractivity contribution in [3.8, 4) is 0 Å². The Hall–Kier alpha value is -2.55. The lowest BCUT2D eigenvalue weighted by Gasteiger charge is -2.21. The number of carbonyl (C=O) groups excluding carboxylic acids is 3. The van der Waals surface area contributed by atoms with Gasteiger partial charge >= 0.3 is 0 Å². The van der Waals surface area contributed by atoms with E-state index in [0.717, 1.165) is 5.56 Å². The third-order valence-corrected chi connectivity index (χ3v) is 4.49. The zero-order valence-electron chi connectivity index (χ0n) is 13.0. The molecule has 0 N–H and O–H groups in total. The first-order chi connectivity index (χ1) is 11.1. The fourth-order valence-corrected chi connectivity index (χ4v) is 3.25. The molecule has 1 atom stereocenters. The third kappa shape index (κ3) is 2.74. The molecule has 0 aromatic heterocycles. The Morgan fingerprint density at radius 2 is 1.43 bits per heavy atom. The van der Waals surface area contributed by atoms with Crippen LogP contribution in [-0.4, -0.2) is 17.3 Å². The Morgan fingerprint density at radius 1 is 0.913 bits per heavy atom. The van der Waals surface area contributed by atoms with Crippen LogP contribution in [0.15, 0.2) is 54.6 Å². The van der Waals surface area contributed by atoms with Gasteiger partial charge in [0.1, 0.15) is 5.78 Å². The molecule has 0 heterocycles. The summed E-state index contributed by atoms with van der Waals surface area (Å²) in [6.07, 6.45) is 0.627. The van der Waals surface area contributed by atoms with E-state index in [4.69, 9.17) is 0 Å². The fraction of sp³-hybridized carbons (Fsp3) is 0.250. The summed E-state index contributed by atoms with van der Waals surface area (Å²) in [5.41, 5.74) is 1.83. The number of carbonyl (C=O) groups is 3. The molecule has 1 aliphatic rings. The summed E-state index contributed by atoms with van der Waals surface area (Å²) in [7, 11) is 0. The summed E-state index contributed by atoms with van der Waals surface area (Å²) in [5.74, 6) is -1.44. The number of Topliss-reactive ketones (excluding diaryl/α,β-unsaturated/α-hetero) is 3. The van der Waals surface area contributed by atoms with E-state index in [1.54, 1.807) is 31.2 Å². The minimum Gasteiger partial charge on any atom is -0.300 e. The molecule has 0 saturated carbocycles. The van der Waals surface area contributed by atoms with Crippen molar-refractivity contribution in [1.29, 1.82) is 0 Å². The van der Waals surface area contributed by atoms with Crippen LogP contribution in [-0.2, 0) is 4.79 Å². The highest BCUT2D eigenvalue weighted by Crippen LogP contribution is 2.38. The highest BCUT2D eigenvalue weighted by Gasteiger charge is 2.43. The molecule has 0 unspecified atom stereocenters. The van der Waals surface area contributed by atoms with Crippen molar-refractivity contribution in [2.45, 2.75) is 25.7 Å². The first kappa shape index (κ1) is 15.3. The van der Waals surface area contributed by atoms with Crippen molar-refractivity contribution in [2.24, 2.45) is 5.92 Å². The van der Waals surface area contributed by atoms with E-state index in [1.165, 1.54) is 0 Å². The zero-order chi connectivity index (χ0) is 16.4. The summed E-state index contributed by atoms with van der Waals surface area (Å²) < 4.78 is 0. The molecule has 2 aromatic rings. The molecule has 0 amide bonds. The van der Waals surface area contributed by atoms with E-state index < -0.39 is 11.8 Å². The van der Waals surface area contributed by atoms with Crippen molar-refractivity contribution >= 4 is 17.3 Å². The predicted molar refractivity (Wildman–Crippen MR) is 87.7 cm³/mol. The number of rotatable bonds is 5. The number of hydrogen-bond donors (Lipinski definition) is 0. The highest BCUT2D eigenvalue weighted by molar-refractivity contribution is 6.27. The van der Waals surface area contributed by atoms with Crippen molar-refractivity contribution in [1.82, 2.24) is 0 Å². The van der Waals surface area contributed by atoms with Gasteiger partial charge in [0, 0.05) is 29.9 Å². The predicted octanol–water partition coefficient (Wildman–Crippen LogP) is 3.83. The van der Waals surface area contributed by atoms with Crippen LogP contribution >= 0.6 is 0 Å². The van der Waals surface area contributed by atoms with Crippen LogP contribution in [0.25, 0.3) is 0 Å². The smallest absolute Gasteiger partial charge is 0.175 e. The average Bonchev–Trinajstić information content (AvgIpc) is 2.85. The Labute approximate surface area is 135 Å². The van der Waals surface area contributed by atoms with Gasteiger partial charge in [-0.1, -0.05) is 61.5 Å². The molecule has 1 aliphatic carbocycles. The van der Waals surface area contributed by atoms with E-state index in [0.29, 0.717) is 17.5 Å². The van der Waals surface area contributed by atoms with E-state index in [9.17, 15) is 14.4 Å². The molecule has 0 fully saturated rings. The quantitative estimate of drug-likeness (QED) is 0.789. The van der Waals surface area contributed by atoms with Gasteiger partial charge in [0.05, 0.1) is 5.92 Å². The zero-order valence-corrected chi connectivity index (χ0v) is 13.0. The number of benzene rings is 2. The second-order valence-electron chi connectivity index (χ2n) is 5.87. The van der Waals surface area contributed by atoms with Gasteiger partial charge in [-0.3, -0.25) is 14.4 Å². The molecular formula is C20H18O3. The molecule has 2 aromatic carbocycles. The number of ketones is 3. The maximum atomic E-state index is 12.8. The second-order valence-corrected chi connectivity index (χ2v) is 5.87. The van der Waals surface area contributed by atoms with Gasteiger partial charge in [0.2, 0.25) is 0 Å². The van der Waals surface area contributed by atoms with Gasteiger partial charge in [0.25, 0.3) is 0 Å². The van der Waals surface area contributed by atoms with Gasteiger partial charge in [-0.15, -0.1) is 0 Å². The molecule has 3 rings (SSSR count). The van der Waals surface area contributed by atoms with Gasteiger partial charge in [0.15, 0.2) is 11.6 Å². The summed E-state index contributed by atoms with van der Waals surface area (Å²) in [6.45, 7) is 1.80. The summed E-state index contributed by atoms with van der Waals surface area (Å²) in [5, 5.41) is 0. The van der Waals surface area contributed by atoms with E-state index in [-0.39, 0.29) is 23.8 Å². The fourth-order valence-electron chi connectivity index (χ4n) is 3.25. The lowest BCUT2D eigenvalue weighted by Crippen LogP contribution is -2.26. The van der Waals surface area contributed by atoms with Crippen molar-refractivity contribution in [2.75, 3.05) is 0 Å². The normalized spacial score (nSPS) is 15.5. The van der Waals surface area contributed by atoms with Crippen molar-refractivity contribution < 1.29 is 14.4 Å². The Kier molecular flexibility index (Phi) is 4.20. The molecule has 0 radical (unpaired) electrons. The van der Waals surface area contributed by atoms with Gasteiger partial charge in [-0.05, 0) is 5.56 Å². The van der Waals surface area contributed by atoms with Crippen LogP contribution < -0.4 is 0 Å². The molecular weight excluding hydrogens is 288 g/mol. The molecule has 0 aliphatic heterocycles. The SMILES string of the molecule is CCC(=O)C[C@H](c1ccccc1)C1C(=O)c2ccccc2C1=O. The lowest BCUT2D eigenvalue weighted by atomic mass is 9.79. The average molecular weight is 306 g/mol. The van der Waals surface area contributed by atoms with E-state index in [2.05, 4.69) is 0 Å². The Balaban J connectivity index is 2.03. The molecule has 0 bridgehead atoms. The number of hydrogen-bond acceptors (Lipinski definition) is 3. The highest BCUT2D eigenvalue weighted by atomic mass is 16.2. The minimum absolute atomic E-state index is 0.0652. The standard InChI is InChI=1S/C20H18O3/c1-2-14(21)12-17(13-8-4-3-5-9-13)18-19(22)15-10-6-7-11-16(15)20(18)23/h3-11,17-18H,2,12H2,1H3/t17-/m1/s1. The molecule has 0 saturated heterocycles. The maximum absolute atomic E-state index is 12.8. The van der Waals surface area contributed by atoms with Gasteiger partial charge in [-0.2, -0.15) is 0 Å². The van der Waals surface area contributed by atoms with Gasteiger partial charge < -0.3 is 0 Å².